The first kappa shape index (κ1) is 15.2. The number of carbonyl (C=O) groups is 1. The molecule has 1 N–H and O–H groups in total. The topological polar surface area (TPSA) is 47.6 Å². The number of benzene rings is 1. The number of rotatable bonds is 5. The van der Waals surface area contributed by atoms with Gasteiger partial charge in [0.15, 0.2) is 11.5 Å². The van der Waals surface area contributed by atoms with E-state index in [4.69, 9.17) is 9.47 Å². The van der Waals surface area contributed by atoms with E-state index in [2.05, 4.69) is 5.32 Å². The fourth-order valence-corrected chi connectivity index (χ4v) is 3.32. The Morgan fingerprint density at radius 2 is 1.86 bits per heavy atom. The van der Waals surface area contributed by atoms with Crippen LogP contribution in [0.25, 0.3) is 0 Å². The van der Waals surface area contributed by atoms with Gasteiger partial charge in [-0.05, 0) is 42.9 Å². The summed E-state index contributed by atoms with van der Waals surface area (Å²) in [6.07, 6.45) is 7.87. The number of hydrogen-bond donors (Lipinski definition) is 1. The molecule has 22 heavy (non-hydrogen) atoms. The van der Waals surface area contributed by atoms with Crippen LogP contribution in [0.15, 0.2) is 18.2 Å². The molecule has 4 heteroatoms. The zero-order valence-electron chi connectivity index (χ0n) is 13.1. The summed E-state index contributed by atoms with van der Waals surface area (Å²) in [5.74, 6) is 2.43. The normalized spacial score (nSPS) is 18.0. The SMILES string of the molecule is O=C(CC1CCCCC1)NCCc1ccc2c(c1)OCCO2. The van der Waals surface area contributed by atoms with Crippen molar-refractivity contribution in [2.24, 2.45) is 5.92 Å². The highest BCUT2D eigenvalue weighted by molar-refractivity contribution is 5.76. The van der Waals surface area contributed by atoms with Gasteiger partial charge in [0, 0.05) is 13.0 Å². The Hall–Kier alpha value is -1.71. The largest absolute Gasteiger partial charge is 0.486 e. The molecule has 0 spiro atoms. The molecule has 1 fully saturated rings. The third-order valence-corrected chi connectivity index (χ3v) is 4.54. The van der Waals surface area contributed by atoms with E-state index >= 15 is 0 Å². The summed E-state index contributed by atoms with van der Waals surface area (Å²) in [5, 5.41) is 3.05. The molecule has 2 aliphatic rings. The van der Waals surface area contributed by atoms with Gasteiger partial charge in [-0.3, -0.25) is 4.79 Å². The lowest BCUT2D eigenvalue weighted by Gasteiger charge is -2.21. The molecule has 4 nitrogen and oxygen atoms in total. The smallest absolute Gasteiger partial charge is 0.220 e. The van der Waals surface area contributed by atoms with Crippen LogP contribution in [0.1, 0.15) is 44.1 Å². The van der Waals surface area contributed by atoms with Gasteiger partial charge in [0.1, 0.15) is 13.2 Å². The molecule has 0 unspecified atom stereocenters. The van der Waals surface area contributed by atoms with Crippen molar-refractivity contribution in [2.75, 3.05) is 19.8 Å². The molecule has 0 saturated heterocycles. The van der Waals surface area contributed by atoms with Crippen LogP contribution >= 0.6 is 0 Å². The Morgan fingerprint density at radius 3 is 2.68 bits per heavy atom. The molecule has 0 bridgehead atoms. The van der Waals surface area contributed by atoms with E-state index < -0.39 is 0 Å². The van der Waals surface area contributed by atoms with Crippen molar-refractivity contribution in [3.63, 3.8) is 0 Å². The highest BCUT2D eigenvalue weighted by Gasteiger charge is 2.17. The summed E-state index contributed by atoms with van der Waals surface area (Å²) < 4.78 is 11.1. The van der Waals surface area contributed by atoms with Gasteiger partial charge < -0.3 is 14.8 Å². The van der Waals surface area contributed by atoms with E-state index in [0.717, 1.165) is 17.9 Å². The Kier molecular flexibility index (Phi) is 5.20. The van der Waals surface area contributed by atoms with E-state index in [0.29, 0.717) is 32.1 Å². The lowest BCUT2D eigenvalue weighted by molar-refractivity contribution is -0.122. The highest BCUT2D eigenvalue weighted by atomic mass is 16.6. The number of carbonyl (C=O) groups excluding carboxylic acids is 1. The second-order valence-electron chi connectivity index (χ2n) is 6.29. The first-order chi connectivity index (χ1) is 10.8. The Labute approximate surface area is 132 Å². The minimum absolute atomic E-state index is 0.199. The van der Waals surface area contributed by atoms with Crippen LogP contribution in [-0.4, -0.2) is 25.7 Å². The highest BCUT2D eigenvalue weighted by Crippen LogP contribution is 2.30. The van der Waals surface area contributed by atoms with E-state index in [1.807, 2.05) is 18.2 Å². The van der Waals surface area contributed by atoms with Crippen LogP contribution in [0.5, 0.6) is 11.5 Å². The van der Waals surface area contributed by atoms with Crippen LogP contribution in [-0.2, 0) is 11.2 Å². The molecule has 1 saturated carbocycles. The van der Waals surface area contributed by atoms with Crippen molar-refractivity contribution in [3.05, 3.63) is 23.8 Å². The molecule has 0 aromatic heterocycles. The standard InChI is InChI=1S/C18H25NO3/c20-18(13-14-4-2-1-3-5-14)19-9-8-15-6-7-16-17(12-15)22-11-10-21-16/h6-7,12,14H,1-5,8-11,13H2,(H,19,20). The Bertz CT molecular complexity index is 509. The number of amides is 1. The van der Waals surface area contributed by atoms with Gasteiger partial charge in [-0.15, -0.1) is 0 Å². The van der Waals surface area contributed by atoms with Gasteiger partial charge in [0.05, 0.1) is 0 Å². The molecule has 1 aliphatic heterocycles. The third kappa shape index (κ3) is 4.15. The van der Waals surface area contributed by atoms with Crippen molar-refractivity contribution >= 4 is 5.91 Å². The number of ether oxygens (including phenoxy) is 2. The molecule has 1 amide bonds. The lowest BCUT2D eigenvalue weighted by atomic mass is 9.87. The molecule has 1 aromatic rings. The van der Waals surface area contributed by atoms with Crippen molar-refractivity contribution < 1.29 is 14.3 Å². The molecule has 3 rings (SSSR count). The summed E-state index contributed by atoms with van der Waals surface area (Å²) in [5.41, 5.74) is 1.17. The zero-order valence-corrected chi connectivity index (χ0v) is 13.1. The molecule has 1 heterocycles. The van der Waals surface area contributed by atoms with Crippen molar-refractivity contribution in [1.82, 2.24) is 5.32 Å². The second kappa shape index (κ2) is 7.52. The molecule has 120 valence electrons. The molecule has 0 atom stereocenters. The minimum atomic E-state index is 0.199. The maximum absolute atomic E-state index is 12.0. The number of fused-ring (bicyclic) bond motifs is 1. The lowest BCUT2D eigenvalue weighted by Crippen LogP contribution is -2.28. The first-order valence-electron chi connectivity index (χ1n) is 8.46. The fourth-order valence-electron chi connectivity index (χ4n) is 3.32. The van der Waals surface area contributed by atoms with Gasteiger partial charge >= 0.3 is 0 Å². The minimum Gasteiger partial charge on any atom is -0.486 e. The van der Waals surface area contributed by atoms with E-state index in [9.17, 15) is 4.79 Å². The average molecular weight is 303 g/mol. The van der Waals surface area contributed by atoms with E-state index in [1.54, 1.807) is 0 Å². The predicted octanol–water partition coefficient (Wildman–Crippen LogP) is 3.09. The van der Waals surface area contributed by atoms with Crippen LogP contribution < -0.4 is 14.8 Å². The fraction of sp³-hybridized carbons (Fsp3) is 0.611. The number of hydrogen-bond acceptors (Lipinski definition) is 3. The van der Waals surface area contributed by atoms with E-state index in [1.165, 1.54) is 37.7 Å². The second-order valence-corrected chi connectivity index (χ2v) is 6.29. The zero-order chi connectivity index (χ0) is 15.2. The van der Waals surface area contributed by atoms with Crippen LogP contribution in [0.2, 0.25) is 0 Å². The maximum atomic E-state index is 12.0. The first-order valence-corrected chi connectivity index (χ1v) is 8.46. The van der Waals surface area contributed by atoms with Crippen LogP contribution in [0, 0.1) is 5.92 Å². The van der Waals surface area contributed by atoms with E-state index in [-0.39, 0.29) is 5.91 Å². The van der Waals surface area contributed by atoms with Crippen molar-refractivity contribution in [3.8, 4) is 11.5 Å². The molecular formula is C18H25NO3. The summed E-state index contributed by atoms with van der Waals surface area (Å²) in [7, 11) is 0. The summed E-state index contributed by atoms with van der Waals surface area (Å²) in [6.45, 7) is 1.91. The molecule has 0 radical (unpaired) electrons. The molecule has 1 aliphatic carbocycles. The Morgan fingerprint density at radius 1 is 1.09 bits per heavy atom. The number of nitrogens with one attached hydrogen (secondary N) is 1. The van der Waals surface area contributed by atoms with Crippen LogP contribution in [0.3, 0.4) is 0 Å². The average Bonchev–Trinajstić information content (AvgIpc) is 2.55. The summed E-state index contributed by atoms with van der Waals surface area (Å²) in [6, 6.07) is 6.01. The predicted molar refractivity (Wildman–Crippen MR) is 85.3 cm³/mol. The maximum Gasteiger partial charge on any atom is 0.220 e. The summed E-state index contributed by atoms with van der Waals surface area (Å²) in [4.78, 5) is 12.0. The summed E-state index contributed by atoms with van der Waals surface area (Å²) >= 11 is 0. The van der Waals surface area contributed by atoms with Gasteiger partial charge in [-0.2, -0.15) is 0 Å². The molecular weight excluding hydrogens is 278 g/mol. The monoisotopic (exact) mass is 303 g/mol. The van der Waals surface area contributed by atoms with Crippen molar-refractivity contribution in [1.29, 1.82) is 0 Å². The van der Waals surface area contributed by atoms with Gasteiger partial charge in [0.2, 0.25) is 5.91 Å². The third-order valence-electron chi connectivity index (χ3n) is 4.54. The quantitative estimate of drug-likeness (QED) is 0.909. The van der Waals surface area contributed by atoms with Gasteiger partial charge in [0.25, 0.3) is 0 Å². The van der Waals surface area contributed by atoms with Gasteiger partial charge in [-0.25, -0.2) is 0 Å². The van der Waals surface area contributed by atoms with Crippen LogP contribution in [0.4, 0.5) is 0 Å². The van der Waals surface area contributed by atoms with Gasteiger partial charge in [-0.1, -0.05) is 25.3 Å². The van der Waals surface area contributed by atoms with Crippen molar-refractivity contribution in [2.45, 2.75) is 44.9 Å². The Balaban J connectivity index is 1.41. The molecule has 1 aromatic carbocycles.